The molecule has 0 spiro atoms. The Kier molecular flexibility index (Phi) is 4.45. The third-order valence-corrected chi connectivity index (χ3v) is 4.14. The first-order valence-corrected chi connectivity index (χ1v) is 7.67. The fraction of sp³-hybridized carbons (Fsp3) is 0.375. The maximum absolute atomic E-state index is 10.9. The molecule has 0 saturated carbocycles. The third-order valence-electron chi connectivity index (χ3n) is 3.77. The fourth-order valence-corrected chi connectivity index (χ4v) is 2.81. The van der Waals surface area contributed by atoms with Crippen molar-refractivity contribution < 1.29 is 14.6 Å². The molecule has 1 aliphatic rings. The Balaban J connectivity index is 1.84. The zero-order chi connectivity index (χ0) is 15.5. The van der Waals surface area contributed by atoms with Crippen LogP contribution >= 0.6 is 11.6 Å². The van der Waals surface area contributed by atoms with Gasteiger partial charge in [-0.05, 0) is 42.5 Å². The van der Waals surface area contributed by atoms with Crippen LogP contribution in [0.3, 0.4) is 0 Å². The van der Waals surface area contributed by atoms with Gasteiger partial charge in [0.25, 0.3) is 0 Å². The molecule has 1 N–H and O–H groups in total. The van der Waals surface area contributed by atoms with Crippen molar-refractivity contribution in [3.05, 3.63) is 41.2 Å². The smallest absolute Gasteiger partial charge is 0.307 e. The molecule has 22 heavy (non-hydrogen) atoms. The van der Waals surface area contributed by atoms with E-state index >= 15 is 0 Å². The lowest BCUT2D eigenvalue weighted by atomic mass is 10.0. The molecule has 2 aromatic rings. The van der Waals surface area contributed by atoms with E-state index in [0.29, 0.717) is 10.6 Å². The summed E-state index contributed by atoms with van der Waals surface area (Å²) in [6, 6.07) is 5.40. The molecule has 1 saturated heterocycles. The average Bonchev–Trinajstić information content (AvgIpc) is 3.00. The summed E-state index contributed by atoms with van der Waals surface area (Å²) in [6.45, 7) is 0.767. The number of halogens is 1. The summed E-state index contributed by atoms with van der Waals surface area (Å²) in [7, 11) is 0. The van der Waals surface area contributed by atoms with E-state index in [1.54, 1.807) is 18.3 Å². The molecule has 1 aromatic carbocycles. The molecule has 1 unspecified atom stereocenters. The summed E-state index contributed by atoms with van der Waals surface area (Å²) in [4.78, 5) is 10.9. The monoisotopic (exact) mass is 320 g/mol. The van der Waals surface area contributed by atoms with Gasteiger partial charge in [0.2, 0.25) is 0 Å². The second-order valence-corrected chi connectivity index (χ2v) is 5.81. The number of carbonyl (C=O) groups is 1. The fourth-order valence-electron chi connectivity index (χ4n) is 2.63. The first-order chi connectivity index (χ1) is 10.6. The average molecular weight is 321 g/mol. The molecule has 0 aliphatic carbocycles. The first kappa shape index (κ1) is 15.1. The van der Waals surface area contributed by atoms with Crippen LogP contribution in [-0.2, 0) is 16.0 Å². The normalized spacial score (nSPS) is 18.3. The van der Waals surface area contributed by atoms with Crippen molar-refractivity contribution in [3.63, 3.8) is 0 Å². The standard InChI is InChI=1S/C16H17ClN2O3/c17-14-5-4-11(7-12(14)8-16(20)21)13-9-18-19(10-13)15-3-1-2-6-22-15/h4-5,7,9-10,15H,1-3,6,8H2,(H,20,21). The van der Waals surface area contributed by atoms with E-state index in [1.807, 2.05) is 16.9 Å². The van der Waals surface area contributed by atoms with E-state index in [0.717, 1.165) is 37.0 Å². The molecule has 1 atom stereocenters. The molecule has 2 heterocycles. The van der Waals surface area contributed by atoms with Crippen LogP contribution in [-0.4, -0.2) is 27.5 Å². The van der Waals surface area contributed by atoms with Crippen molar-refractivity contribution in [2.75, 3.05) is 6.61 Å². The Morgan fingerprint density at radius 2 is 2.27 bits per heavy atom. The van der Waals surface area contributed by atoms with Gasteiger partial charge in [-0.25, -0.2) is 4.68 Å². The molecule has 0 bridgehead atoms. The lowest BCUT2D eigenvalue weighted by Crippen LogP contribution is -2.18. The Morgan fingerprint density at radius 1 is 1.41 bits per heavy atom. The number of benzene rings is 1. The van der Waals surface area contributed by atoms with Gasteiger partial charge in [0, 0.05) is 23.4 Å². The summed E-state index contributed by atoms with van der Waals surface area (Å²) < 4.78 is 7.54. The van der Waals surface area contributed by atoms with Gasteiger partial charge in [0.1, 0.15) is 6.23 Å². The highest BCUT2D eigenvalue weighted by atomic mass is 35.5. The number of ether oxygens (including phenoxy) is 1. The molecule has 1 aromatic heterocycles. The van der Waals surface area contributed by atoms with Crippen molar-refractivity contribution in [1.82, 2.24) is 9.78 Å². The Hall–Kier alpha value is -1.85. The number of carboxylic acid groups (broad SMARTS) is 1. The van der Waals surface area contributed by atoms with Crippen molar-refractivity contribution in [2.24, 2.45) is 0 Å². The zero-order valence-corrected chi connectivity index (χ0v) is 12.8. The van der Waals surface area contributed by atoms with Gasteiger partial charge < -0.3 is 9.84 Å². The van der Waals surface area contributed by atoms with Gasteiger partial charge in [-0.2, -0.15) is 5.10 Å². The van der Waals surface area contributed by atoms with Crippen LogP contribution in [0.2, 0.25) is 5.02 Å². The van der Waals surface area contributed by atoms with Gasteiger partial charge in [-0.3, -0.25) is 4.79 Å². The predicted molar refractivity (Wildman–Crippen MR) is 82.9 cm³/mol. The maximum Gasteiger partial charge on any atom is 0.307 e. The summed E-state index contributed by atoms with van der Waals surface area (Å²) in [5.41, 5.74) is 2.44. The molecular formula is C16H17ClN2O3. The SMILES string of the molecule is O=C(O)Cc1cc(-c2cnn(C3CCCCO3)c2)ccc1Cl. The largest absolute Gasteiger partial charge is 0.481 e. The van der Waals surface area contributed by atoms with Crippen LogP contribution in [0.5, 0.6) is 0 Å². The van der Waals surface area contributed by atoms with Crippen molar-refractivity contribution in [1.29, 1.82) is 0 Å². The van der Waals surface area contributed by atoms with Gasteiger partial charge in [0.05, 0.1) is 12.6 Å². The highest BCUT2D eigenvalue weighted by molar-refractivity contribution is 6.31. The summed E-state index contributed by atoms with van der Waals surface area (Å²) >= 11 is 6.05. The maximum atomic E-state index is 10.9. The van der Waals surface area contributed by atoms with Crippen LogP contribution in [0.1, 0.15) is 31.1 Å². The number of carboxylic acids is 1. The van der Waals surface area contributed by atoms with Gasteiger partial charge in [0.15, 0.2) is 0 Å². The number of hydrogen-bond donors (Lipinski definition) is 1. The predicted octanol–water partition coefficient (Wildman–Crippen LogP) is 3.53. The van der Waals surface area contributed by atoms with E-state index in [9.17, 15) is 4.79 Å². The van der Waals surface area contributed by atoms with Gasteiger partial charge in [-0.1, -0.05) is 17.7 Å². The summed E-state index contributed by atoms with van der Waals surface area (Å²) in [6.07, 6.45) is 6.81. The number of hydrogen-bond acceptors (Lipinski definition) is 3. The van der Waals surface area contributed by atoms with Crippen LogP contribution in [0.15, 0.2) is 30.6 Å². The van der Waals surface area contributed by atoms with Gasteiger partial charge in [-0.15, -0.1) is 0 Å². The number of rotatable bonds is 4. The number of aliphatic carboxylic acids is 1. The van der Waals surface area contributed by atoms with E-state index in [2.05, 4.69) is 5.10 Å². The number of aromatic nitrogens is 2. The molecule has 3 rings (SSSR count). The topological polar surface area (TPSA) is 64.3 Å². The minimum absolute atomic E-state index is 0.00621. The molecule has 0 amide bonds. The first-order valence-electron chi connectivity index (χ1n) is 7.30. The zero-order valence-electron chi connectivity index (χ0n) is 12.0. The van der Waals surface area contributed by atoms with E-state index < -0.39 is 5.97 Å². The van der Waals surface area contributed by atoms with Crippen LogP contribution in [0.25, 0.3) is 11.1 Å². The number of nitrogens with zero attached hydrogens (tertiary/aromatic N) is 2. The molecule has 5 nitrogen and oxygen atoms in total. The lowest BCUT2D eigenvalue weighted by Gasteiger charge is -2.22. The van der Waals surface area contributed by atoms with E-state index in [-0.39, 0.29) is 12.6 Å². The van der Waals surface area contributed by atoms with Crippen molar-refractivity contribution in [2.45, 2.75) is 31.9 Å². The molecule has 0 radical (unpaired) electrons. The minimum Gasteiger partial charge on any atom is -0.481 e. The third kappa shape index (κ3) is 3.31. The van der Waals surface area contributed by atoms with E-state index in [4.69, 9.17) is 21.4 Å². The second-order valence-electron chi connectivity index (χ2n) is 5.41. The second kappa shape index (κ2) is 6.50. The lowest BCUT2D eigenvalue weighted by molar-refractivity contribution is -0.136. The van der Waals surface area contributed by atoms with Crippen molar-refractivity contribution >= 4 is 17.6 Å². The summed E-state index contributed by atoms with van der Waals surface area (Å²) in [5.74, 6) is -0.898. The molecule has 1 fully saturated rings. The molecule has 1 aliphatic heterocycles. The quantitative estimate of drug-likeness (QED) is 0.936. The minimum atomic E-state index is -0.898. The molecule has 6 heteroatoms. The Morgan fingerprint density at radius 3 is 3.00 bits per heavy atom. The van der Waals surface area contributed by atoms with Crippen LogP contribution < -0.4 is 0 Å². The van der Waals surface area contributed by atoms with Crippen molar-refractivity contribution in [3.8, 4) is 11.1 Å². The van der Waals surface area contributed by atoms with Crippen LogP contribution in [0.4, 0.5) is 0 Å². The summed E-state index contributed by atoms with van der Waals surface area (Å²) in [5, 5.41) is 13.8. The highest BCUT2D eigenvalue weighted by Crippen LogP contribution is 2.28. The highest BCUT2D eigenvalue weighted by Gasteiger charge is 2.17. The van der Waals surface area contributed by atoms with Crippen LogP contribution in [0, 0.1) is 0 Å². The Bertz CT molecular complexity index is 678. The molecule has 116 valence electrons. The molecular weight excluding hydrogens is 304 g/mol. The van der Waals surface area contributed by atoms with Gasteiger partial charge >= 0.3 is 5.97 Å². The Labute approximate surface area is 133 Å². The van der Waals surface area contributed by atoms with E-state index in [1.165, 1.54) is 0 Å².